The number of anilines is 2. The highest BCUT2D eigenvalue weighted by Gasteiger charge is 2.05. The van der Waals surface area contributed by atoms with E-state index in [1.165, 1.54) is 24.3 Å². The SMILES string of the molecule is Nc1ccc(F)cc1NCc1cc(Br)ccc1F. The molecule has 2 aromatic carbocycles. The zero-order valence-corrected chi connectivity index (χ0v) is 11.0. The fraction of sp³-hybridized carbons (Fsp3) is 0.0769. The number of nitrogens with one attached hydrogen (secondary N) is 1. The first kappa shape index (κ1) is 12.8. The van der Waals surface area contributed by atoms with Crippen LogP contribution in [0.5, 0.6) is 0 Å². The summed E-state index contributed by atoms with van der Waals surface area (Å²) in [4.78, 5) is 0. The van der Waals surface area contributed by atoms with Crippen LogP contribution < -0.4 is 11.1 Å². The summed E-state index contributed by atoms with van der Waals surface area (Å²) in [6.45, 7) is 0.235. The molecular weight excluding hydrogens is 302 g/mol. The molecule has 0 fully saturated rings. The van der Waals surface area contributed by atoms with Gasteiger partial charge in [-0.1, -0.05) is 15.9 Å². The molecule has 0 unspecified atom stereocenters. The van der Waals surface area contributed by atoms with Gasteiger partial charge in [0, 0.05) is 16.6 Å². The minimum atomic E-state index is -0.388. The zero-order valence-electron chi connectivity index (χ0n) is 9.38. The van der Waals surface area contributed by atoms with Crippen molar-refractivity contribution in [3.8, 4) is 0 Å². The fourth-order valence-electron chi connectivity index (χ4n) is 1.55. The maximum atomic E-state index is 13.5. The van der Waals surface area contributed by atoms with Crippen molar-refractivity contribution >= 4 is 27.3 Å². The fourth-order valence-corrected chi connectivity index (χ4v) is 1.96. The van der Waals surface area contributed by atoms with Crippen LogP contribution in [0.4, 0.5) is 20.2 Å². The highest BCUT2D eigenvalue weighted by molar-refractivity contribution is 9.10. The minimum Gasteiger partial charge on any atom is -0.397 e. The van der Waals surface area contributed by atoms with Gasteiger partial charge in [-0.15, -0.1) is 0 Å². The molecule has 2 aromatic rings. The Hall–Kier alpha value is -1.62. The Balaban J connectivity index is 2.16. The molecule has 0 saturated carbocycles. The summed E-state index contributed by atoms with van der Waals surface area (Å²) in [7, 11) is 0. The maximum Gasteiger partial charge on any atom is 0.128 e. The Morgan fingerprint density at radius 2 is 1.89 bits per heavy atom. The average Bonchev–Trinajstić information content (AvgIpc) is 2.34. The largest absolute Gasteiger partial charge is 0.397 e. The summed E-state index contributed by atoms with van der Waals surface area (Å²) in [5.74, 6) is -0.706. The number of hydrogen-bond donors (Lipinski definition) is 2. The molecule has 3 N–H and O–H groups in total. The van der Waals surface area contributed by atoms with Crippen LogP contribution in [0.3, 0.4) is 0 Å². The molecule has 94 valence electrons. The molecule has 0 aliphatic heterocycles. The van der Waals surface area contributed by atoms with Crippen LogP contribution in [0.15, 0.2) is 40.9 Å². The van der Waals surface area contributed by atoms with Crippen LogP contribution in [0.25, 0.3) is 0 Å². The van der Waals surface area contributed by atoms with Crippen LogP contribution >= 0.6 is 15.9 Å². The van der Waals surface area contributed by atoms with Crippen molar-refractivity contribution in [2.24, 2.45) is 0 Å². The lowest BCUT2D eigenvalue weighted by Crippen LogP contribution is -2.04. The molecule has 18 heavy (non-hydrogen) atoms. The molecule has 0 bridgehead atoms. The maximum absolute atomic E-state index is 13.5. The molecule has 5 heteroatoms. The first-order chi connectivity index (χ1) is 8.56. The van der Waals surface area contributed by atoms with E-state index in [9.17, 15) is 8.78 Å². The van der Waals surface area contributed by atoms with E-state index >= 15 is 0 Å². The van der Waals surface area contributed by atoms with Gasteiger partial charge < -0.3 is 11.1 Å². The highest BCUT2D eigenvalue weighted by Crippen LogP contribution is 2.21. The number of rotatable bonds is 3. The van der Waals surface area contributed by atoms with Gasteiger partial charge in [0.05, 0.1) is 11.4 Å². The van der Waals surface area contributed by atoms with Crippen molar-refractivity contribution < 1.29 is 8.78 Å². The van der Waals surface area contributed by atoms with Gasteiger partial charge in [0.2, 0.25) is 0 Å². The molecular formula is C13H11BrF2N2. The van der Waals surface area contributed by atoms with Crippen molar-refractivity contribution in [2.75, 3.05) is 11.1 Å². The minimum absolute atomic E-state index is 0.235. The summed E-state index contributed by atoms with van der Waals surface area (Å²) >= 11 is 3.27. The van der Waals surface area contributed by atoms with Crippen molar-refractivity contribution in [3.05, 3.63) is 58.1 Å². The van der Waals surface area contributed by atoms with E-state index in [0.29, 0.717) is 16.9 Å². The Kier molecular flexibility index (Phi) is 3.81. The summed E-state index contributed by atoms with van der Waals surface area (Å²) in [5.41, 5.74) is 7.05. The van der Waals surface area contributed by atoms with Crippen molar-refractivity contribution in [3.63, 3.8) is 0 Å². The second-order valence-electron chi connectivity index (χ2n) is 3.82. The molecule has 2 nitrogen and oxygen atoms in total. The topological polar surface area (TPSA) is 38.0 Å². The molecule has 0 heterocycles. The number of hydrogen-bond acceptors (Lipinski definition) is 2. The van der Waals surface area contributed by atoms with Gasteiger partial charge in [-0.2, -0.15) is 0 Å². The van der Waals surface area contributed by atoms with Crippen LogP contribution in [0, 0.1) is 11.6 Å². The molecule has 0 saturated heterocycles. The molecule has 2 rings (SSSR count). The smallest absolute Gasteiger partial charge is 0.128 e. The number of nitrogens with two attached hydrogens (primary N) is 1. The number of halogens is 3. The second-order valence-corrected chi connectivity index (χ2v) is 4.74. The summed E-state index contributed by atoms with van der Waals surface area (Å²) < 4.78 is 27.3. The molecule has 0 aromatic heterocycles. The lowest BCUT2D eigenvalue weighted by molar-refractivity contribution is 0.612. The van der Waals surface area contributed by atoms with Crippen molar-refractivity contribution in [1.82, 2.24) is 0 Å². The average molecular weight is 313 g/mol. The first-order valence-corrected chi connectivity index (χ1v) is 6.08. The molecule has 0 aliphatic rings. The van der Waals surface area contributed by atoms with Gasteiger partial charge in [-0.25, -0.2) is 8.78 Å². The molecule has 0 amide bonds. The second kappa shape index (κ2) is 5.35. The lowest BCUT2D eigenvalue weighted by Gasteiger charge is -2.10. The highest BCUT2D eigenvalue weighted by atomic mass is 79.9. The molecule has 0 radical (unpaired) electrons. The van der Waals surface area contributed by atoms with Gasteiger partial charge >= 0.3 is 0 Å². The van der Waals surface area contributed by atoms with E-state index < -0.39 is 0 Å². The van der Waals surface area contributed by atoms with Crippen LogP contribution in [-0.2, 0) is 6.54 Å². The predicted molar refractivity (Wildman–Crippen MR) is 72.2 cm³/mol. The van der Waals surface area contributed by atoms with Crippen molar-refractivity contribution in [2.45, 2.75) is 6.54 Å². The van der Waals surface area contributed by atoms with E-state index in [2.05, 4.69) is 21.2 Å². The summed E-state index contributed by atoms with van der Waals surface area (Å²) in [6.07, 6.45) is 0. The van der Waals surface area contributed by atoms with Gasteiger partial charge in [0.15, 0.2) is 0 Å². The Morgan fingerprint density at radius 1 is 1.11 bits per heavy atom. The molecule has 0 spiro atoms. The first-order valence-electron chi connectivity index (χ1n) is 5.29. The van der Waals surface area contributed by atoms with Crippen LogP contribution in [-0.4, -0.2) is 0 Å². The van der Waals surface area contributed by atoms with E-state index in [1.54, 1.807) is 12.1 Å². The summed E-state index contributed by atoms with van der Waals surface area (Å²) in [5, 5.41) is 2.91. The standard InChI is InChI=1S/C13H11BrF2N2/c14-9-1-3-11(16)8(5-9)7-18-13-6-10(15)2-4-12(13)17/h1-6,18H,7,17H2. The van der Waals surface area contributed by atoms with Crippen molar-refractivity contribution in [1.29, 1.82) is 0 Å². The lowest BCUT2D eigenvalue weighted by atomic mass is 10.2. The van der Waals surface area contributed by atoms with Gasteiger partial charge in [-0.05, 0) is 36.4 Å². The van der Waals surface area contributed by atoms with Gasteiger partial charge in [0.1, 0.15) is 11.6 Å². The van der Waals surface area contributed by atoms with Crippen LogP contribution in [0.2, 0.25) is 0 Å². The quantitative estimate of drug-likeness (QED) is 0.843. The van der Waals surface area contributed by atoms with Gasteiger partial charge in [0.25, 0.3) is 0 Å². The summed E-state index contributed by atoms with van der Waals surface area (Å²) in [6, 6.07) is 8.68. The van der Waals surface area contributed by atoms with E-state index in [4.69, 9.17) is 5.73 Å². The normalized spacial score (nSPS) is 10.4. The molecule has 0 atom stereocenters. The third kappa shape index (κ3) is 2.98. The van der Waals surface area contributed by atoms with E-state index in [1.807, 2.05) is 0 Å². The molecule has 0 aliphatic carbocycles. The predicted octanol–water partition coefficient (Wildman–Crippen LogP) is 3.92. The zero-order chi connectivity index (χ0) is 13.1. The Bertz CT molecular complexity index is 521. The Labute approximate surface area is 112 Å². The monoisotopic (exact) mass is 312 g/mol. The van der Waals surface area contributed by atoms with E-state index in [0.717, 1.165) is 4.47 Å². The Morgan fingerprint density at radius 3 is 2.67 bits per heavy atom. The third-order valence-corrected chi connectivity index (χ3v) is 2.99. The third-order valence-electron chi connectivity index (χ3n) is 2.49. The van der Waals surface area contributed by atoms with Gasteiger partial charge in [-0.3, -0.25) is 0 Å². The van der Waals surface area contributed by atoms with Crippen LogP contribution in [0.1, 0.15) is 5.56 Å². The number of benzene rings is 2. The van der Waals surface area contributed by atoms with E-state index in [-0.39, 0.29) is 18.2 Å². The number of nitrogen functional groups attached to an aromatic ring is 1.